The zero-order chi connectivity index (χ0) is 9.84. The fourth-order valence-corrected chi connectivity index (χ4v) is 1.73. The lowest BCUT2D eigenvalue weighted by atomic mass is 9.74. The van der Waals surface area contributed by atoms with E-state index in [-0.39, 0.29) is 10.4 Å². The molecule has 74 valence electrons. The minimum Gasteiger partial charge on any atom is -0.481 e. The normalized spacial score (nSPS) is 18.9. The number of aliphatic carboxylic acids is 1. The molecule has 1 aliphatic rings. The molecular formula is C9H12Cl2O2. The summed E-state index contributed by atoms with van der Waals surface area (Å²) in [6, 6.07) is 0. The van der Waals surface area contributed by atoms with Gasteiger partial charge in [0, 0.05) is 0 Å². The van der Waals surface area contributed by atoms with E-state index in [0.717, 1.165) is 19.3 Å². The van der Waals surface area contributed by atoms with Gasteiger partial charge in [-0.3, -0.25) is 4.79 Å². The van der Waals surface area contributed by atoms with Crippen LogP contribution in [0.1, 0.15) is 25.7 Å². The Morgan fingerprint density at radius 1 is 1.54 bits per heavy atom. The smallest absolute Gasteiger partial charge is 0.307 e. The summed E-state index contributed by atoms with van der Waals surface area (Å²) in [7, 11) is 0. The molecule has 0 saturated heterocycles. The summed E-state index contributed by atoms with van der Waals surface area (Å²) in [4.78, 5) is 10.8. The van der Waals surface area contributed by atoms with Gasteiger partial charge in [0.05, 0.1) is 5.92 Å². The van der Waals surface area contributed by atoms with Crippen LogP contribution < -0.4 is 0 Å². The highest BCUT2D eigenvalue weighted by molar-refractivity contribution is 6.55. The molecule has 4 heteroatoms. The first-order valence-electron chi connectivity index (χ1n) is 4.35. The van der Waals surface area contributed by atoms with Crippen LogP contribution in [0.25, 0.3) is 0 Å². The molecule has 0 bridgehead atoms. The molecule has 1 unspecified atom stereocenters. The van der Waals surface area contributed by atoms with Crippen LogP contribution in [-0.4, -0.2) is 11.1 Å². The lowest BCUT2D eigenvalue weighted by Crippen LogP contribution is -2.28. The number of halogens is 2. The molecule has 1 saturated carbocycles. The van der Waals surface area contributed by atoms with Gasteiger partial charge in [0.2, 0.25) is 0 Å². The summed E-state index contributed by atoms with van der Waals surface area (Å²) in [6.45, 7) is 0. The molecule has 0 aliphatic heterocycles. The molecule has 0 amide bonds. The molecule has 13 heavy (non-hydrogen) atoms. The zero-order valence-corrected chi connectivity index (χ0v) is 8.68. The molecule has 2 nitrogen and oxygen atoms in total. The van der Waals surface area contributed by atoms with Crippen molar-refractivity contribution < 1.29 is 9.90 Å². The third kappa shape index (κ3) is 3.20. The quantitative estimate of drug-likeness (QED) is 0.794. The topological polar surface area (TPSA) is 37.3 Å². The van der Waals surface area contributed by atoms with Crippen LogP contribution in [0.4, 0.5) is 0 Å². The Kier molecular flexibility index (Phi) is 4.07. The van der Waals surface area contributed by atoms with E-state index in [1.54, 1.807) is 6.08 Å². The summed E-state index contributed by atoms with van der Waals surface area (Å²) in [5, 5.41) is 8.91. The number of hydrogen-bond acceptors (Lipinski definition) is 1. The highest BCUT2D eigenvalue weighted by Crippen LogP contribution is 2.35. The van der Waals surface area contributed by atoms with Crippen LogP contribution in [0.2, 0.25) is 0 Å². The van der Waals surface area contributed by atoms with Crippen LogP contribution in [-0.2, 0) is 4.79 Å². The summed E-state index contributed by atoms with van der Waals surface area (Å²) >= 11 is 10.9. The lowest BCUT2D eigenvalue weighted by Gasteiger charge is -2.30. The first-order valence-corrected chi connectivity index (χ1v) is 5.11. The monoisotopic (exact) mass is 222 g/mol. The van der Waals surface area contributed by atoms with Gasteiger partial charge < -0.3 is 5.11 Å². The molecule has 0 aromatic heterocycles. The Bertz CT molecular complexity index is 218. The van der Waals surface area contributed by atoms with E-state index >= 15 is 0 Å². The summed E-state index contributed by atoms with van der Waals surface area (Å²) < 4.78 is 0.158. The number of rotatable bonds is 4. The summed E-state index contributed by atoms with van der Waals surface area (Å²) in [5.41, 5.74) is 0. The van der Waals surface area contributed by atoms with Crippen molar-refractivity contribution in [2.24, 2.45) is 11.8 Å². The van der Waals surface area contributed by atoms with Gasteiger partial charge in [-0.2, -0.15) is 0 Å². The molecular weight excluding hydrogens is 211 g/mol. The average Bonchev–Trinajstić information content (AvgIpc) is 1.92. The van der Waals surface area contributed by atoms with E-state index in [2.05, 4.69) is 0 Å². The second-order valence-electron chi connectivity index (χ2n) is 3.37. The fourth-order valence-electron chi connectivity index (χ4n) is 1.55. The van der Waals surface area contributed by atoms with E-state index in [9.17, 15) is 4.79 Å². The Morgan fingerprint density at radius 3 is 2.46 bits per heavy atom. The number of carboxylic acids is 1. The van der Waals surface area contributed by atoms with Gasteiger partial charge in [0.1, 0.15) is 4.49 Å². The van der Waals surface area contributed by atoms with Crippen LogP contribution in [0, 0.1) is 11.8 Å². The molecule has 1 aliphatic carbocycles. The Labute approximate surface area is 87.5 Å². The van der Waals surface area contributed by atoms with Crippen molar-refractivity contribution in [3.05, 3.63) is 10.6 Å². The largest absolute Gasteiger partial charge is 0.481 e. The van der Waals surface area contributed by atoms with Gasteiger partial charge in [-0.15, -0.1) is 0 Å². The molecule has 1 atom stereocenters. The van der Waals surface area contributed by atoms with Gasteiger partial charge >= 0.3 is 5.97 Å². The number of allylic oxidation sites excluding steroid dienone is 1. The van der Waals surface area contributed by atoms with Crippen molar-refractivity contribution in [1.82, 2.24) is 0 Å². The Hall–Kier alpha value is -0.210. The molecule has 0 aromatic rings. The Balaban J connectivity index is 2.47. The van der Waals surface area contributed by atoms with Gasteiger partial charge in [-0.25, -0.2) is 0 Å². The molecule has 0 heterocycles. The minimum atomic E-state index is -0.740. The third-order valence-electron chi connectivity index (χ3n) is 2.56. The summed E-state index contributed by atoms with van der Waals surface area (Å²) in [5.74, 6) is -0.724. The van der Waals surface area contributed by atoms with Crippen LogP contribution in [0.3, 0.4) is 0 Å². The van der Waals surface area contributed by atoms with Crippen LogP contribution in [0.15, 0.2) is 10.6 Å². The molecule has 1 fully saturated rings. The third-order valence-corrected chi connectivity index (χ3v) is 2.87. The number of carbonyl (C=O) groups is 1. The van der Waals surface area contributed by atoms with Crippen molar-refractivity contribution >= 4 is 29.2 Å². The van der Waals surface area contributed by atoms with E-state index in [4.69, 9.17) is 28.3 Å². The van der Waals surface area contributed by atoms with Crippen LogP contribution >= 0.6 is 23.2 Å². The number of carboxylic acid groups (broad SMARTS) is 1. The highest BCUT2D eigenvalue weighted by atomic mass is 35.5. The van der Waals surface area contributed by atoms with E-state index in [0.29, 0.717) is 12.3 Å². The van der Waals surface area contributed by atoms with Gasteiger partial charge in [0.15, 0.2) is 0 Å². The predicted molar refractivity (Wildman–Crippen MR) is 52.9 cm³/mol. The van der Waals surface area contributed by atoms with E-state index < -0.39 is 5.97 Å². The molecule has 1 N–H and O–H groups in total. The Morgan fingerprint density at radius 2 is 2.15 bits per heavy atom. The van der Waals surface area contributed by atoms with Crippen molar-refractivity contribution in [3.63, 3.8) is 0 Å². The second-order valence-corrected chi connectivity index (χ2v) is 4.37. The fraction of sp³-hybridized carbons (Fsp3) is 0.667. The van der Waals surface area contributed by atoms with Crippen molar-refractivity contribution in [2.45, 2.75) is 25.7 Å². The zero-order valence-electron chi connectivity index (χ0n) is 7.17. The predicted octanol–water partition coefficient (Wildman–Crippen LogP) is 3.20. The maximum atomic E-state index is 10.8. The molecule has 1 rings (SSSR count). The standard InChI is InChI=1S/C9H12Cl2O2/c10-8(11)5-4-7(9(12)13)6-2-1-3-6/h5-7H,1-4H2,(H,12,13). The SMILES string of the molecule is O=C(O)C(CC=C(Cl)Cl)C1CCC1. The van der Waals surface area contributed by atoms with Gasteiger partial charge in [0.25, 0.3) is 0 Å². The second kappa shape index (κ2) is 4.87. The summed E-state index contributed by atoms with van der Waals surface area (Å²) in [6.07, 6.45) is 5.20. The average molecular weight is 223 g/mol. The highest BCUT2D eigenvalue weighted by Gasteiger charge is 2.31. The number of hydrogen-bond donors (Lipinski definition) is 1. The minimum absolute atomic E-state index is 0.158. The van der Waals surface area contributed by atoms with E-state index in [1.165, 1.54) is 0 Å². The molecule has 0 radical (unpaired) electrons. The van der Waals surface area contributed by atoms with E-state index in [1.807, 2.05) is 0 Å². The molecule has 0 aromatic carbocycles. The van der Waals surface area contributed by atoms with Gasteiger partial charge in [-0.05, 0) is 25.2 Å². The maximum absolute atomic E-state index is 10.8. The van der Waals surface area contributed by atoms with Crippen molar-refractivity contribution in [2.75, 3.05) is 0 Å². The van der Waals surface area contributed by atoms with Gasteiger partial charge in [-0.1, -0.05) is 35.7 Å². The first-order chi connectivity index (χ1) is 6.11. The van der Waals surface area contributed by atoms with Crippen molar-refractivity contribution in [1.29, 1.82) is 0 Å². The van der Waals surface area contributed by atoms with Crippen LogP contribution in [0.5, 0.6) is 0 Å². The maximum Gasteiger partial charge on any atom is 0.307 e. The molecule has 0 spiro atoms. The lowest BCUT2D eigenvalue weighted by molar-refractivity contribution is -0.144. The first kappa shape index (κ1) is 10.9. The van der Waals surface area contributed by atoms with Crippen molar-refractivity contribution in [3.8, 4) is 0 Å².